The number of esters is 2. The molecule has 3 rings (SSSR count). The van der Waals surface area contributed by atoms with Crippen LogP contribution in [0.2, 0.25) is 0 Å². The predicted octanol–water partition coefficient (Wildman–Crippen LogP) is 1.76. The van der Waals surface area contributed by atoms with Crippen LogP contribution < -0.4 is 4.90 Å². The Morgan fingerprint density at radius 3 is 2.27 bits per heavy atom. The van der Waals surface area contributed by atoms with Crippen LogP contribution in [0.15, 0.2) is 72.6 Å². The highest BCUT2D eigenvalue weighted by molar-refractivity contribution is 6.05. The Labute approximate surface area is 149 Å². The van der Waals surface area contributed by atoms with Gasteiger partial charge in [-0.2, -0.15) is 5.10 Å². The first-order chi connectivity index (χ1) is 12.7. The summed E-state index contributed by atoms with van der Waals surface area (Å²) < 4.78 is 11.3. The summed E-state index contributed by atoms with van der Waals surface area (Å²) in [5, 5.41) is 4.07. The van der Waals surface area contributed by atoms with Crippen LogP contribution in [-0.2, 0) is 19.1 Å². The molecule has 0 atom stereocenters. The Kier molecular flexibility index (Phi) is 4.93. The van der Waals surface area contributed by atoms with Gasteiger partial charge in [0.25, 0.3) is 0 Å². The molecule has 0 saturated carbocycles. The number of methoxy groups -OCH3 is 2. The third kappa shape index (κ3) is 3.25. The fourth-order valence-electron chi connectivity index (χ4n) is 2.47. The molecule has 0 fully saturated rings. The second-order valence-electron chi connectivity index (χ2n) is 5.17. The van der Waals surface area contributed by atoms with Gasteiger partial charge in [-0.05, 0) is 36.4 Å². The Morgan fingerprint density at radius 1 is 0.962 bits per heavy atom. The number of benzene rings is 1. The van der Waals surface area contributed by atoms with Gasteiger partial charge in [-0.15, -0.1) is 0 Å². The molecule has 8 heteroatoms. The fraction of sp³-hybridized carbons (Fsp3) is 0.111. The summed E-state index contributed by atoms with van der Waals surface area (Å²) in [6.45, 7) is 0. The molecule has 0 spiro atoms. The zero-order chi connectivity index (χ0) is 18.5. The van der Waals surface area contributed by atoms with Crippen LogP contribution in [0.1, 0.15) is 0 Å². The van der Waals surface area contributed by atoms with Crippen LogP contribution in [0, 0.1) is 0 Å². The van der Waals surface area contributed by atoms with Crippen molar-refractivity contribution in [2.45, 2.75) is 0 Å². The van der Waals surface area contributed by atoms with Gasteiger partial charge in [0.1, 0.15) is 18.4 Å². The van der Waals surface area contributed by atoms with Crippen molar-refractivity contribution >= 4 is 17.6 Å². The largest absolute Gasteiger partial charge is 0.465 e. The minimum absolute atomic E-state index is 0.0675. The number of nitrogens with zero attached hydrogens (tertiary/aromatic N) is 4. The minimum Gasteiger partial charge on any atom is -0.465 e. The smallest absolute Gasteiger partial charge is 0.355 e. The van der Waals surface area contributed by atoms with E-state index in [1.165, 1.54) is 26.6 Å². The molecule has 1 aromatic heterocycles. The predicted molar refractivity (Wildman–Crippen MR) is 93.2 cm³/mol. The maximum atomic E-state index is 12.4. The number of anilines is 1. The maximum absolute atomic E-state index is 12.4. The number of carbonyl (C=O) groups is 2. The SMILES string of the molecule is COC(=O)C1=C(C(=O)OC)N(c2ccc(-n3cncn3)cc2)C=CC=C1. The van der Waals surface area contributed by atoms with E-state index in [2.05, 4.69) is 10.1 Å². The summed E-state index contributed by atoms with van der Waals surface area (Å²) in [4.78, 5) is 30.0. The highest BCUT2D eigenvalue weighted by atomic mass is 16.5. The third-order valence-corrected chi connectivity index (χ3v) is 3.70. The second-order valence-corrected chi connectivity index (χ2v) is 5.17. The molecule has 1 aromatic carbocycles. The van der Waals surface area contributed by atoms with Crippen LogP contribution in [0.3, 0.4) is 0 Å². The number of hydrogen-bond acceptors (Lipinski definition) is 7. The topological polar surface area (TPSA) is 86.6 Å². The first-order valence-electron chi connectivity index (χ1n) is 7.65. The zero-order valence-corrected chi connectivity index (χ0v) is 14.2. The van der Waals surface area contributed by atoms with E-state index in [1.807, 2.05) is 12.1 Å². The van der Waals surface area contributed by atoms with Crippen LogP contribution in [0.25, 0.3) is 5.69 Å². The molecule has 0 N–H and O–H groups in total. The lowest BCUT2D eigenvalue weighted by molar-refractivity contribution is -0.139. The van der Waals surface area contributed by atoms with Crippen molar-refractivity contribution in [1.29, 1.82) is 0 Å². The Morgan fingerprint density at radius 2 is 1.65 bits per heavy atom. The summed E-state index contributed by atoms with van der Waals surface area (Å²) in [6.07, 6.45) is 9.57. The zero-order valence-electron chi connectivity index (χ0n) is 14.2. The van der Waals surface area contributed by atoms with Gasteiger partial charge >= 0.3 is 11.9 Å². The summed E-state index contributed by atoms with van der Waals surface area (Å²) in [5.41, 5.74) is 1.64. The van der Waals surface area contributed by atoms with Crippen molar-refractivity contribution in [3.05, 3.63) is 72.6 Å². The van der Waals surface area contributed by atoms with E-state index >= 15 is 0 Å². The van der Waals surface area contributed by atoms with Crippen LogP contribution in [0.4, 0.5) is 5.69 Å². The van der Waals surface area contributed by atoms with Gasteiger partial charge in [0, 0.05) is 11.9 Å². The van der Waals surface area contributed by atoms with E-state index < -0.39 is 11.9 Å². The lowest BCUT2D eigenvalue weighted by Crippen LogP contribution is -2.26. The van der Waals surface area contributed by atoms with Gasteiger partial charge in [-0.3, -0.25) is 0 Å². The van der Waals surface area contributed by atoms with E-state index in [4.69, 9.17) is 9.47 Å². The van der Waals surface area contributed by atoms with Crippen molar-refractivity contribution < 1.29 is 19.1 Å². The minimum atomic E-state index is -0.651. The molecule has 0 aliphatic carbocycles. The molecule has 1 aliphatic heterocycles. The molecule has 1 aliphatic rings. The summed E-state index contributed by atoms with van der Waals surface area (Å²) >= 11 is 0. The number of carbonyl (C=O) groups excluding carboxylic acids is 2. The average molecular weight is 352 g/mol. The maximum Gasteiger partial charge on any atom is 0.355 e. The fourth-order valence-corrected chi connectivity index (χ4v) is 2.47. The molecule has 2 heterocycles. The van der Waals surface area contributed by atoms with Crippen molar-refractivity contribution in [3.63, 3.8) is 0 Å². The number of ether oxygens (including phenoxy) is 2. The van der Waals surface area contributed by atoms with Crippen LogP contribution in [0.5, 0.6) is 0 Å². The molecule has 2 aromatic rings. The average Bonchev–Trinajstić information content (AvgIpc) is 3.13. The Balaban J connectivity index is 2.06. The first-order valence-corrected chi connectivity index (χ1v) is 7.65. The summed E-state index contributed by atoms with van der Waals surface area (Å²) in [5.74, 6) is -1.28. The van der Waals surface area contributed by atoms with Gasteiger partial charge in [-0.25, -0.2) is 19.3 Å². The molecule has 0 amide bonds. The molecular formula is C18H16N4O4. The van der Waals surface area contributed by atoms with E-state index in [1.54, 1.807) is 46.4 Å². The van der Waals surface area contributed by atoms with Crippen molar-refractivity contribution in [2.24, 2.45) is 0 Å². The first kappa shape index (κ1) is 17.2. The van der Waals surface area contributed by atoms with Crippen LogP contribution >= 0.6 is 0 Å². The standard InChI is InChI=1S/C18H16N4O4/c1-25-17(23)15-5-3-4-10-21(16(15)18(24)26-2)13-6-8-14(9-7-13)22-12-19-11-20-22/h3-12H,1-2H3. The van der Waals surface area contributed by atoms with E-state index in [0.717, 1.165) is 5.69 Å². The number of aromatic nitrogens is 3. The molecule has 0 bridgehead atoms. The molecule has 0 unspecified atom stereocenters. The number of rotatable bonds is 4. The highest BCUT2D eigenvalue weighted by Gasteiger charge is 2.27. The molecule has 26 heavy (non-hydrogen) atoms. The second kappa shape index (κ2) is 7.47. The van der Waals surface area contributed by atoms with Gasteiger partial charge in [0.05, 0.1) is 25.5 Å². The van der Waals surface area contributed by atoms with Gasteiger partial charge in [0.2, 0.25) is 0 Å². The van der Waals surface area contributed by atoms with Gasteiger partial charge in [0.15, 0.2) is 0 Å². The van der Waals surface area contributed by atoms with E-state index in [0.29, 0.717) is 5.69 Å². The quantitative estimate of drug-likeness (QED) is 0.775. The lowest BCUT2D eigenvalue weighted by atomic mass is 10.1. The summed E-state index contributed by atoms with van der Waals surface area (Å²) in [6, 6.07) is 7.24. The van der Waals surface area contributed by atoms with Gasteiger partial charge < -0.3 is 14.4 Å². The monoisotopic (exact) mass is 352 g/mol. The molecule has 132 valence electrons. The van der Waals surface area contributed by atoms with E-state index in [-0.39, 0.29) is 11.3 Å². The van der Waals surface area contributed by atoms with Gasteiger partial charge in [-0.1, -0.05) is 6.08 Å². The number of hydrogen-bond donors (Lipinski definition) is 0. The molecule has 8 nitrogen and oxygen atoms in total. The Hall–Kier alpha value is -3.68. The Bertz CT molecular complexity index is 896. The lowest BCUT2D eigenvalue weighted by Gasteiger charge is -2.23. The molecular weight excluding hydrogens is 336 g/mol. The molecule has 0 radical (unpaired) electrons. The van der Waals surface area contributed by atoms with Crippen molar-refractivity contribution in [1.82, 2.24) is 14.8 Å². The number of allylic oxidation sites excluding steroid dienone is 2. The van der Waals surface area contributed by atoms with Crippen LogP contribution in [-0.4, -0.2) is 40.9 Å². The third-order valence-electron chi connectivity index (χ3n) is 3.70. The normalized spacial score (nSPS) is 13.5. The summed E-state index contributed by atoms with van der Waals surface area (Å²) in [7, 11) is 2.52. The van der Waals surface area contributed by atoms with E-state index in [9.17, 15) is 9.59 Å². The van der Waals surface area contributed by atoms with Crippen molar-refractivity contribution in [3.8, 4) is 5.69 Å². The van der Waals surface area contributed by atoms with Crippen molar-refractivity contribution in [2.75, 3.05) is 19.1 Å². The highest BCUT2D eigenvalue weighted by Crippen LogP contribution is 2.27. The molecule has 0 saturated heterocycles.